The van der Waals surface area contributed by atoms with Crippen molar-refractivity contribution in [3.05, 3.63) is 42.5 Å². The molecule has 0 heterocycles. The molecule has 24 heavy (non-hydrogen) atoms. The van der Waals surface area contributed by atoms with Crippen molar-refractivity contribution in [2.75, 3.05) is 25.0 Å². The smallest absolute Gasteiger partial charge is 0.414 e. The van der Waals surface area contributed by atoms with Crippen LogP contribution in [0.3, 0.4) is 0 Å². The van der Waals surface area contributed by atoms with E-state index in [1.807, 2.05) is 37.3 Å². The Kier molecular flexibility index (Phi) is 10.5. The van der Waals surface area contributed by atoms with Gasteiger partial charge in [-0.3, -0.25) is 9.69 Å². The molecule has 0 spiro atoms. The number of rotatable bonds is 7. The molecule has 1 rings (SSSR count). The third-order valence-electron chi connectivity index (χ3n) is 2.84. The Morgan fingerprint density at radius 1 is 1.12 bits per heavy atom. The molecule has 0 aliphatic rings. The maximum Gasteiger partial charge on any atom is 0.414 e. The van der Waals surface area contributed by atoms with Gasteiger partial charge in [-0.2, -0.15) is 0 Å². The number of nitrogens with one attached hydrogen (secondary N) is 1. The van der Waals surface area contributed by atoms with Crippen LogP contribution in [0.2, 0.25) is 0 Å². The normalized spacial score (nSPS) is 9.62. The van der Waals surface area contributed by atoms with E-state index < -0.39 is 11.9 Å². The van der Waals surface area contributed by atoms with Crippen LogP contribution in [0.4, 0.5) is 5.69 Å². The van der Waals surface area contributed by atoms with E-state index in [1.165, 1.54) is 0 Å². The predicted octanol–water partition coefficient (Wildman–Crippen LogP) is 2.07. The summed E-state index contributed by atoms with van der Waals surface area (Å²) in [6.45, 7) is 10.6. The molecule has 0 radical (unpaired) electrons. The summed E-state index contributed by atoms with van der Waals surface area (Å²) < 4.78 is 0. The van der Waals surface area contributed by atoms with Crippen molar-refractivity contribution in [3.8, 4) is 0 Å². The van der Waals surface area contributed by atoms with Crippen molar-refractivity contribution in [1.82, 2.24) is 4.90 Å². The van der Waals surface area contributed by atoms with Gasteiger partial charge in [-0.15, -0.1) is 0 Å². The number of likely N-dealkylation sites (N-methyl/N-ethyl adjacent to an activating group) is 1. The molecular weight excluding hydrogens is 312 g/mol. The number of amides is 1. The summed E-state index contributed by atoms with van der Waals surface area (Å²) in [5, 5.41) is 17.7. The molecule has 1 aromatic carbocycles. The minimum Gasteiger partial charge on any atom is -0.473 e. The zero-order valence-electron chi connectivity index (χ0n) is 14.0. The molecule has 0 saturated heterocycles. The van der Waals surface area contributed by atoms with E-state index in [9.17, 15) is 4.79 Å². The van der Waals surface area contributed by atoms with E-state index in [2.05, 4.69) is 23.7 Å². The zero-order valence-corrected chi connectivity index (χ0v) is 14.0. The van der Waals surface area contributed by atoms with Crippen molar-refractivity contribution in [3.63, 3.8) is 0 Å². The summed E-state index contributed by atoms with van der Waals surface area (Å²) in [5.74, 6) is -3.59. The molecule has 1 amide bonds. The molecule has 0 aliphatic carbocycles. The maximum atomic E-state index is 11.8. The van der Waals surface area contributed by atoms with Crippen LogP contribution in [0.5, 0.6) is 0 Å². The number of nitrogens with zero attached hydrogens (tertiary/aromatic N) is 1. The lowest BCUT2D eigenvalue weighted by Gasteiger charge is -2.19. The monoisotopic (exact) mass is 336 g/mol. The van der Waals surface area contributed by atoms with Crippen LogP contribution in [-0.2, 0) is 14.4 Å². The van der Waals surface area contributed by atoms with Gasteiger partial charge in [0, 0.05) is 25.2 Å². The first-order chi connectivity index (χ1) is 11.3. The SMILES string of the molecule is C=C(C)CN(CC)CCC(=O)Nc1ccccc1.O=C(O)C(=O)O. The molecule has 0 bridgehead atoms. The number of carbonyl (C=O) groups is 3. The van der Waals surface area contributed by atoms with E-state index in [1.54, 1.807) is 0 Å². The number of anilines is 1. The van der Waals surface area contributed by atoms with Crippen molar-refractivity contribution in [2.24, 2.45) is 0 Å². The van der Waals surface area contributed by atoms with Gasteiger partial charge in [0.05, 0.1) is 0 Å². The molecule has 7 nitrogen and oxygen atoms in total. The second-order valence-electron chi connectivity index (χ2n) is 5.10. The number of benzene rings is 1. The lowest BCUT2D eigenvalue weighted by atomic mass is 10.2. The lowest BCUT2D eigenvalue weighted by Crippen LogP contribution is -2.29. The van der Waals surface area contributed by atoms with Gasteiger partial charge in [0.1, 0.15) is 0 Å². The van der Waals surface area contributed by atoms with Crippen LogP contribution in [-0.4, -0.2) is 52.6 Å². The Hall–Kier alpha value is -2.67. The number of carbonyl (C=O) groups excluding carboxylic acids is 1. The van der Waals surface area contributed by atoms with E-state index in [4.69, 9.17) is 19.8 Å². The molecule has 132 valence electrons. The standard InChI is InChI=1S/C15H22N2O.C2H2O4/c1-4-17(12-13(2)3)11-10-15(18)16-14-8-6-5-7-9-14;3-1(4)2(5)6/h5-9H,2,4,10-12H2,1,3H3,(H,16,18);(H,3,4)(H,5,6). The minimum atomic E-state index is -1.82. The van der Waals surface area contributed by atoms with Gasteiger partial charge in [0.15, 0.2) is 0 Å². The molecule has 1 aromatic rings. The van der Waals surface area contributed by atoms with Crippen LogP contribution in [0.25, 0.3) is 0 Å². The number of hydrogen-bond donors (Lipinski definition) is 3. The molecule has 0 atom stereocenters. The molecular formula is C17H24N2O5. The molecule has 0 saturated carbocycles. The summed E-state index contributed by atoms with van der Waals surface area (Å²) in [6.07, 6.45) is 0.510. The van der Waals surface area contributed by atoms with Gasteiger partial charge in [0.2, 0.25) is 5.91 Å². The predicted molar refractivity (Wildman–Crippen MR) is 91.9 cm³/mol. The Morgan fingerprint density at radius 2 is 1.67 bits per heavy atom. The Labute approximate surface area is 141 Å². The van der Waals surface area contributed by atoms with E-state index in [0.29, 0.717) is 6.42 Å². The van der Waals surface area contributed by atoms with Crippen molar-refractivity contribution < 1.29 is 24.6 Å². The Morgan fingerprint density at radius 3 is 2.08 bits per heavy atom. The molecule has 0 unspecified atom stereocenters. The maximum absolute atomic E-state index is 11.8. The molecule has 0 fully saturated rings. The van der Waals surface area contributed by atoms with Gasteiger partial charge in [-0.05, 0) is 25.6 Å². The zero-order chi connectivity index (χ0) is 18.5. The average molecular weight is 336 g/mol. The van der Waals surface area contributed by atoms with Crippen LogP contribution in [0.15, 0.2) is 42.5 Å². The third-order valence-corrected chi connectivity index (χ3v) is 2.84. The summed E-state index contributed by atoms with van der Waals surface area (Å²) in [5.41, 5.74) is 1.98. The van der Waals surface area contributed by atoms with E-state index in [0.717, 1.165) is 30.9 Å². The quantitative estimate of drug-likeness (QED) is 0.520. The minimum absolute atomic E-state index is 0.0568. The van der Waals surface area contributed by atoms with Crippen LogP contribution >= 0.6 is 0 Å². The molecule has 0 aliphatic heterocycles. The first-order valence-corrected chi connectivity index (χ1v) is 7.44. The van der Waals surface area contributed by atoms with Gasteiger partial charge in [-0.1, -0.05) is 37.3 Å². The largest absolute Gasteiger partial charge is 0.473 e. The van der Waals surface area contributed by atoms with E-state index >= 15 is 0 Å². The molecule has 0 aromatic heterocycles. The summed E-state index contributed by atoms with van der Waals surface area (Å²) >= 11 is 0. The topological polar surface area (TPSA) is 107 Å². The van der Waals surface area contributed by atoms with Crippen molar-refractivity contribution in [1.29, 1.82) is 0 Å². The van der Waals surface area contributed by atoms with Crippen LogP contribution in [0, 0.1) is 0 Å². The second kappa shape index (κ2) is 11.8. The number of carboxylic acid groups (broad SMARTS) is 2. The highest BCUT2D eigenvalue weighted by Gasteiger charge is 2.07. The van der Waals surface area contributed by atoms with E-state index in [-0.39, 0.29) is 5.91 Å². The van der Waals surface area contributed by atoms with Gasteiger partial charge < -0.3 is 15.5 Å². The third kappa shape index (κ3) is 11.0. The first-order valence-electron chi connectivity index (χ1n) is 7.44. The van der Waals surface area contributed by atoms with Crippen molar-refractivity contribution in [2.45, 2.75) is 20.3 Å². The number of carboxylic acids is 2. The highest BCUT2D eigenvalue weighted by molar-refractivity contribution is 6.27. The number of hydrogen-bond acceptors (Lipinski definition) is 4. The lowest BCUT2D eigenvalue weighted by molar-refractivity contribution is -0.159. The Balaban J connectivity index is 0.000000754. The highest BCUT2D eigenvalue weighted by Crippen LogP contribution is 2.06. The molecule has 3 N–H and O–H groups in total. The fourth-order valence-electron chi connectivity index (χ4n) is 1.74. The van der Waals surface area contributed by atoms with Crippen LogP contribution < -0.4 is 5.32 Å². The first kappa shape index (κ1) is 21.3. The van der Waals surface area contributed by atoms with Gasteiger partial charge >= 0.3 is 11.9 Å². The second-order valence-corrected chi connectivity index (χ2v) is 5.10. The van der Waals surface area contributed by atoms with Gasteiger partial charge in [0.25, 0.3) is 0 Å². The summed E-state index contributed by atoms with van der Waals surface area (Å²) in [4.78, 5) is 32.2. The summed E-state index contributed by atoms with van der Waals surface area (Å²) in [7, 11) is 0. The Bertz CT molecular complexity index is 545. The summed E-state index contributed by atoms with van der Waals surface area (Å²) in [6, 6.07) is 9.54. The number of para-hydroxylation sites is 1. The number of aliphatic carboxylic acids is 2. The van der Waals surface area contributed by atoms with Gasteiger partial charge in [-0.25, -0.2) is 9.59 Å². The van der Waals surface area contributed by atoms with Crippen molar-refractivity contribution >= 4 is 23.5 Å². The fourth-order valence-corrected chi connectivity index (χ4v) is 1.74. The van der Waals surface area contributed by atoms with Crippen LogP contribution in [0.1, 0.15) is 20.3 Å². The molecule has 7 heteroatoms. The average Bonchev–Trinajstić information content (AvgIpc) is 2.52. The highest BCUT2D eigenvalue weighted by atomic mass is 16.4. The fraction of sp³-hybridized carbons (Fsp3) is 0.353.